The Labute approximate surface area is 135 Å². The molecule has 4 nitrogen and oxygen atoms in total. The number of hydrogen-bond acceptors (Lipinski definition) is 0. The molecule has 0 bridgehead atoms. The molecule has 4 aromatic heterocycles. The Kier molecular flexibility index (Phi) is 13.9. The molecule has 4 aromatic rings. The molecular weight excluding hydrogens is 312 g/mol. The van der Waals surface area contributed by atoms with E-state index in [1.807, 2.05) is 48.5 Å². The predicted octanol–water partition coefficient (Wildman–Crippen LogP) is 2.57. The van der Waals surface area contributed by atoms with Gasteiger partial charge in [0.25, 0.3) is 0 Å². The molecule has 5 heteroatoms. The summed E-state index contributed by atoms with van der Waals surface area (Å²) < 4.78 is 0. The van der Waals surface area contributed by atoms with Gasteiger partial charge in [0.1, 0.15) is 0 Å². The van der Waals surface area contributed by atoms with Crippen LogP contribution in [0.2, 0.25) is 0 Å². The van der Waals surface area contributed by atoms with E-state index < -0.39 is 0 Å². The maximum Gasteiger partial charge on any atom is 0 e. The Balaban J connectivity index is 0.000000250. The third-order valence-electron chi connectivity index (χ3n) is 1.82. The molecule has 0 aliphatic rings. The van der Waals surface area contributed by atoms with Crippen LogP contribution in [0.25, 0.3) is 0 Å². The molecule has 0 aliphatic heterocycles. The molecule has 1 radical (unpaired) electrons. The third kappa shape index (κ3) is 13.9. The van der Waals surface area contributed by atoms with Gasteiger partial charge in [-0.1, -0.05) is 48.5 Å². The molecule has 4 rings (SSSR count). The molecule has 0 N–H and O–H groups in total. The van der Waals surface area contributed by atoms with E-state index in [2.05, 4.69) is 19.9 Å². The molecule has 4 heterocycles. The van der Waals surface area contributed by atoms with Crippen molar-refractivity contribution in [3.8, 4) is 0 Å². The Morgan fingerprint density at radius 1 is 0.286 bits per heavy atom. The quantitative estimate of drug-likeness (QED) is 0.466. The summed E-state index contributed by atoms with van der Waals surface area (Å²) in [6.07, 6.45) is 14.0. The topological polar surface area (TPSA) is 56.4 Å². The fourth-order valence-electron chi connectivity index (χ4n) is 0.994. The van der Waals surface area contributed by atoms with Crippen LogP contribution in [0.1, 0.15) is 0 Å². The largest absolute Gasteiger partial charge is 0.670 e. The Morgan fingerprint density at radius 3 is 0.476 bits per heavy atom. The summed E-state index contributed by atoms with van der Waals surface area (Å²) in [5, 5.41) is 0. The first-order chi connectivity index (χ1) is 10.0. The van der Waals surface area contributed by atoms with Gasteiger partial charge in [0.05, 0.1) is 0 Å². The Morgan fingerprint density at radius 2 is 0.429 bits per heavy atom. The van der Waals surface area contributed by atoms with Crippen LogP contribution in [0.3, 0.4) is 0 Å². The van der Waals surface area contributed by atoms with Crippen LogP contribution in [0.15, 0.2) is 98.1 Å². The molecule has 0 saturated heterocycles. The summed E-state index contributed by atoms with van der Waals surface area (Å²) >= 11 is 0. The summed E-state index contributed by atoms with van der Waals surface area (Å²) in [7, 11) is 0. The van der Waals surface area contributed by atoms with Crippen molar-refractivity contribution in [3.05, 3.63) is 98.1 Å². The summed E-state index contributed by atoms with van der Waals surface area (Å²) in [5.74, 6) is 0. The van der Waals surface area contributed by atoms with Crippen molar-refractivity contribution >= 4 is 0 Å². The minimum Gasteiger partial charge on any atom is -0.670 e. The van der Waals surface area contributed by atoms with E-state index in [1.54, 1.807) is 49.6 Å². The monoisotopic (exact) mass is 327 g/mol. The van der Waals surface area contributed by atoms with Crippen molar-refractivity contribution in [2.75, 3.05) is 0 Å². The van der Waals surface area contributed by atoms with Gasteiger partial charge in [-0.05, 0) is 0 Å². The molecule has 0 fully saturated rings. The van der Waals surface area contributed by atoms with Crippen molar-refractivity contribution in [3.63, 3.8) is 0 Å². The van der Waals surface area contributed by atoms with Crippen molar-refractivity contribution < 1.29 is 17.1 Å². The normalized spacial score (nSPS) is 7.62. The molecule has 0 atom stereocenters. The van der Waals surface area contributed by atoms with E-state index in [4.69, 9.17) is 0 Å². The fraction of sp³-hybridized carbons (Fsp3) is 0. The molecule has 0 aliphatic carbocycles. The van der Waals surface area contributed by atoms with E-state index in [0.29, 0.717) is 0 Å². The van der Waals surface area contributed by atoms with E-state index in [-0.39, 0.29) is 17.1 Å². The van der Waals surface area contributed by atoms with Gasteiger partial charge in [0.2, 0.25) is 0 Å². The summed E-state index contributed by atoms with van der Waals surface area (Å²) in [5.41, 5.74) is 0. The summed E-state index contributed by atoms with van der Waals surface area (Å²) in [4.78, 5) is 14.9. The van der Waals surface area contributed by atoms with E-state index in [1.165, 1.54) is 0 Å². The maximum absolute atomic E-state index is 3.72. The third-order valence-corrected chi connectivity index (χ3v) is 1.82. The minimum atomic E-state index is 0. The van der Waals surface area contributed by atoms with Crippen LogP contribution in [0.5, 0.6) is 0 Å². The second kappa shape index (κ2) is 15.7. The zero-order valence-electron chi connectivity index (χ0n) is 11.3. The van der Waals surface area contributed by atoms with Crippen molar-refractivity contribution in [2.24, 2.45) is 0 Å². The zero-order chi connectivity index (χ0) is 14.1. The van der Waals surface area contributed by atoms with Crippen molar-refractivity contribution in [1.29, 1.82) is 0 Å². The van der Waals surface area contributed by atoms with Gasteiger partial charge in [-0.2, -0.15) is 49.6 Å². The second-order valence-electron chi connectivity index (χ2n) is 3.33. The van der Waals surface area contributed by atoms with Gasteiger partial charge in [-0.15, -0.1) is 0 Å². The molecule has 0 unspecified atom stereocenters. The number of rotatable bonds is 0. The summed E-state index contributed by atoms with van der Waals surface area (Å²) in [6.45, 7) is 0. The summed E-state index contributed by atoms with van der Waals surface area (Å²) in [6, 6.07) is 15.1. The molecular formula is C16H16CuN4-4. The number of nitrogens with zero attached hydrogens (tertiary/aromatic N) is 4. The van der Waals surface area contributed by atoms with Crippen LogP contribution >= 0.6 is 0 Å². The van der Waals surface area contributed by atoms with Gasteiger partial charge in [0, 0.05) is 17.1 Å². The van der Waals surface area contributed by atoms with Gasteiger partial charge in [-0.3, -0.25) is 0 Å². The van der Waals surface area contributed by atoms with Gasteiger partial charge < -0.3 is 19.9 Å². The molecule has 0 aromatic carbocycles. The van der Waals surface area contributed by atoms with Crippen LogP contribution in [-0.2, 0) is 17.1 Å². The average Bonchev–Trinajstić information content (AvgIpc) is 3.40. The van der Waals surface area contributed by atoms with E-state index in [9.17, 15) is 0 Å². The van der Waals surface area contributed by atoms with Crippen LogP contribution in [0, 0.1) is 0 Å². The molecule has 0 amide bonds. The minimum absolute atomic E-state index is 0. The number of hydrogen-bond donors (Lipinski definition) is 0. The van der Waals surface area contributed by atoms with Crippen LogP contribution in [-0.4, -0.2) is 0 Å². The zero-order valence-corrected chi connectivity index (χ0v) is 12.3. The standard InChI is InChI=1S/4C4H4N.Cu/c4*1-2-4-5-3-1;/h4*1-4H;/q4*-1;. The maximum atomic E-state index is 3.72. The van der Waals surface area contributed by atoms with Crippen LogP contribution in [0.4, 0.5) is 0 Å². The first-order valence-corrected chi connectivity index (χ1v) is 6.07. The van der Waals surface area contributed by atoms with Crippen LogP contribution < -0.4 is 19.9 Å². The van der Waals surface area contributed by atoms with E-state index >= 15 is 0 Å². The average molecular weight is 328 g/mol. The predicted molar refractivity (Wildman–Crippen MR) is 79.0 cm³/mol. The van der Waals surface area contributed by atoms with Crippen molar-refractivity contribution in [1.82, 2.24) is 19.9 Å². The SMILES string of the molecule is [Cu].c1cc[n-]c1.c1cc[n-]c1.c1cc[n-]c1.c1cc[n-]c1. The number of aromatic nitrogens is 4. The smallest absolute Gasteiger partial charge is 0 e. The van der Waals surface area contributed by atoms with Gasteiger partial charge in [-0.25, -0.2) is 0 Å². The second-order valence-corrected chi connectivity index (χ2v) is 3.33. The molecule has 115 valence electrons. The van der Waals surface area contributed by atoms with E-state index in [0.717, 1.165) is 0 Å². The van der Waals surface area contributed by atoms with Crippen molar-refractivity contribution in [2.45, 2.75) is 0 Å². The Hall–Kier alpha value is -2.36. The first kappa shape index (κ1) is 18.6. The molecule has 21 heavy (non-hydrogen) atoms. The first-order valence-electron chi connectivity index (χ1n) is 6.07. The Bertz CT molecular complexity index is 351. The fourth-order valence-corrected chi connectivity index (χ4v) is 0.994. The van der Waals surface area contributed by atoms with Gasteiger partial charge in [0.15, 0.2) is 0 Å². The molecule has 0 saturated carbocycles. The van der Waals surface area contributed by atoms with Gasteiger partial charge >= 0.3 is 0 Å². The molecule has 0 spiro atoms.